The van der Waals surface area contributed by atoms with Gasteiger partial charge in [0, 0.05) is 25.6 Å². The van der Waals surface area contributed by atoms with Gasteiger partial charge in [-0.1, -0.05) is 37.3 Å². The van der Waals surface area contributed by atoms with Gasteiger partial charge >= 0.3 is 0 Å². The second-order valence-corrected chi connectivity index (χ2v) is 5.91. The number of amides is 2. The van der Waals surface area contributed by atoms with Gasteiger partial charge in [0.2, 0.25) is 11.8 Å². The summed E-state index contributed by atoms with van der Waals surface area (Å²) in [5.41, 5.74) is 0.978. The Hall–Kier alpha value is -1.59. The molecule has 0 radical (unpaired) electrons. The highest BCUT2D eigenvalue weighted by atomic mass is 35.5. The first-order valence-electron chi connectivity index (χ1n) is 7.96. The number of carbonyl (C=O) groups is 2. The third-order valence-corrected chi connectivity index (χ3v) is 4.06. The van der Waals surface area contributed by atoms with Crippen molar-refractivity contribution < 1.29 is 9.59 Å². The van der Waals surface area contributed by atoms with Crippen LogP contribution in [0, 0.1) is 5.92 Å². The van der Waals surface area contributed by atoms with E-state index in [-0.39, 0.29) is 30.3 Å². The lowest BCUT2D eigenvalue weighted by Gasteiger charge is -2.30. The van der Waals surface area contributed by atoms with Gasteiger partial charge in [-0.15, -0.1) is 12.4 Å². The van der Waals surface area contributed by atoms with Crippen LogP contribution in [0.1, 0.15) is 25.3 Å². The number of rotatable bonds is 6. The summed E-state index contributed by atoms with van der Waals surface area (Å²) < 4.78 is 0. The van der Waals surface area contributed by atoms with Gasteiger partial charge in [-0.2, -0.15) is 0 Å². The van der Waals surface area contributed by atoms with Crippen LogP contribution < -0.4 is 16.0 Å². The van der Waals surface area contributed by atoms with Crippen molar-refractivity contribution in [1.29, 1.82) is 0 Å². The van der Waals surface area contributed by atoms with E-state index in [1.807, 2.05) is 30.3 Å². The van der Waals surface area contributed by atoms with Crippen LogP contribution in [-0.2, 0) is 16.0 Å². The van der Waals surface area contributed by atoms with E-state index in [0.29, 0.717) is 25.3 Å². The zero-order valence-corrected chi connectivity index (χ0v) is 14.3. The van der Waals surface area contributed by atoms with E-state index in [9.17, 15) is 9.59 Å². The van der Waals surface area contributed by atoms with E-state index in [2.05, 4.69) is 22.9 Å². The summed E-state index contributed by atoms with van der Waals surface area (Å²) in [5, 5.41) is 9.12. The number of benzene rings is 1. The summed E-state index contributed by atoms with van der Waals surface area (Å²) in [7, 11) is 0. The van der Waals surface area contributed by atoms with Gasteiger partial charge in [-0.05, 0) is 24.4 Å². The molecule has 0 bridgehead atoms. The molecule has 2 amide bonds. The van der Waals surface area contributed by atoms with Crippen LogP contribution in [0.15, 0.2) is 30.3 Å². The molecule has 0 saturated carbocycles. The molecule has 2 atom stereocenters. The van der Waals surface area contributed by atoms with Gasteiger partial charge in [0.25, 0.3) is 0 Å². The Morgan fingerprint density at radius 3 is 2.65 bits per heavy atom. The fraction of sp³-hybridized carbons (Fsp3) is 0.529. The molecular formula is C17H26ClN3O2. The fourth-order valence-electron chi connectivity index (χ4n) is 2.62. The average Bonchev–Trinajstić information content (AvgIpc) is 2.50. The lowest BCUT2D eigenvalue weighted by atomic mass is 9.95. The molecule has 1 fully saturated rings. The van der Waals surface area contributed by atoms with E-state index in [0.717, 1.165) is 25.1 Å². The van der Waals surface area contributed by atoms with Gasteiger partial charge < -0.3 is 16.0 Å². The quantitative estimate of drug-likeness (QED) is 0.731. The first-order valence-corrected chi connectivity index (χ1v) is 7.96. The van der Waals surface area contributed by atoms with Crippen LogP contribution in [0.4, 0.5) is 0 Å². The van der Waals surface area contributed by atoms with Crippen LogP contribution in [0.25, 0.3) is 0 Å². The molecular weight excluding hydrogens is 314 g/mol. The minimum atomic E-state index is -0.0494. The summed E-state index contributed by atoms with van der Waals surface area (Å²) in [6.45, 7) is 4.38. The van der Waals surface area contributed by atoms with Crippen molar-refractivity contribution in [3.05, 3.63) is 35.9 Å². The minimum Gasteiger partial charge on any atom is -0.355 e. The first-order chi connectivity index (χ1) is 10.6. The summed E-state index contributed by atoms with van der Waals surface area (Å²) in [4.78, 5) is 23.7. The molecule has 0 aromatic heterocycles. The SMILES string of the molecule is CC1CCNCC1NC(=O)CCNC(=O)Cc1ccccc1.Cl. The predicted octanol–water partition coefficient (Wildman–Crippen LogP) is 1.27. The third kappa shape index (κ3) is 7.01. The molecule has 1 heterocycles. The Bertz CT molecular complexity index is 496. The highest BCUT2D eigenvalue weighted by Crippen LogP contribution is 2.11. The molecule has 128 valence electrons. The zero-order valence-electron chi connectivity index (χ0n) is 13.5. The fourth-order valence-corrected chi connectivity index (χ4v) is 2.62. The lowest BCUT2D eigenvalue weighted by Crippen LogP contribution is -2.50. The molecule has 2 unspecified atom stereocenters. The van der Waals surface area contributed by atoms with Crippen molar-refractivity contribution >= 4 is 24.2 Å². The number of piperidine rings is 1. The van der Waals surface area contributed by atoms with Crippen molar-refractivity contribution in [2.24, 2.45) is 5.92 Å². The molecule has 0 aliphatic carbocycles. The molecule has 1 aromatic carbocycles. The van der Waals surface area contributed by atoms with E-state index in [1.165, 1.54) is 0 Å². The van der Waals surface area contributed by atoms with Crippen molar-refractivity contribution in [2.45, 2.75) is 32.2 Å². The van der Waals surface area contributed by atoms with E-state index < -0.39 is 0 Å². The second-order valence-electron chi connectivity index (χ2n) is 5.91. The Kier molecular flexibility index (Phi) is 8.66. The van der Waals surface area contributed by atoms with Crippen molar-refractivity contribution in [2.75, 3.05) is 19.6 Å². The predicted molar refractivity (Wildman–Crippen MR) is 93.6 cm³/mol. The Labute approximate surface area is 144 Å². The monoisotopic (exact) mass is 339 g/mol. The molecule has 0 spiro atoms. The van der Waals surface area contributed by atoms with Crippen molar-refractivity contribution in [3.8, 4) is 0 Å². The second kappa shape index (κ2) is 10.2. The molecule has 1 aromatic rings. The zero-order chi connectivity index (χ0) is 15.8. The number of hydrogen-bond acceptors (Lipinski definition) is 3. The highest BCUT2D eigenvalue weighted by Gasteiger charge is 2.22. The van der Waals surface area contributed by atoms with Crippen LogP contribution in [0.2, 0.25) is 0 Å². The summed E-state index contributed by atoms with van der Waals surface area (Å²) in [5.74, 6) is 0.449. The van der Waals surface area contributed by atoms with Crippen molar-refractivity contribution in [1.82, 2.24) is 16.0 Å². The summed E-state index contributed by atoms with van der Waals surface area (Å²) in [6, 6.07) is 9.78. The molecule has 1 aliphatic rings. The third-order valence-electron chi connectivity index (χ3n) is 4.06. The average molecular weight is 340 g/mol. The van der Waals surface area contributed by atoms with Gasteiger partial charge in [-0.3, -0.25) is 9.59 Å². The molecule has 5 nitrogen and oxygen atoms in total. The molecule has 23 heavy (non-hydrogen) atoms. The van der Waals surface area contributed by atoms with Gasteiger partial charge in [0.15, 0.2) is 0 Å². The molecule has 3 N–H and O–H groups in total. The first kappa shape index (κ1) is 19.5. The van der Waals surface area contributed by atoms with Gasteiger partial charge in [0.1, 0.15) is 0 Å². The maximum absolute atomic E-state index is 11.9. The number of hydrogen-bond donors (Lipinski definition) is 3. The van der Waals surface area contributed by atoms with Crippen LogP contribution in [-0.4, -0.2) is 37.5 Å². The van der Waals surface area contributed by atoms with E-state index in [4.69, 9.17) is 0 Å². The van der Waals surface area contributed by atoms with Crippen LogP contribution >= 0.6 is 12.4 Å². The molecule has 1 aliphatic heterocycles. The topological polar surface area (TPSA) is 70.2 Å². The lowest BCUT2D eigenvalue weighted by molar-refractivity contribution is -0.122. The Balaban J connectivity index is 0.00000264. The maximum atomic E-state index is 11.9. The normalized spacial score (nSPS) is 20.2. The minimum absolute atomic E-state index is 0. The van der Waals surface area contributed by atoms with E-state index >= 15 is 0 Å². The number of carbonyl (C=O) groups excluding carboxylic acids is 2. The van der Waals surface area contributed by atoms with Crippen molar-refractivity contribution in [3.63, 3.8) is 0 Å². The largest absolute Gasteiger partial charge is 0.355 e. The highest BCUT2D eigenvalue weighted by molar-refractivity contribution is 5.85. The summed E-state index contributed by atoms with van der Waals surface area (Å²) >= 11 is 0. The summed E-state index contributed by atoms with van der Waals surface area (Å²) in [6.07, 6.45) is 1.76. The molecule has 1 saturated heterocycles. The number of halogens is 1. The maximum Gasteiger partial charge on any atom is 0.224 e. The van der Waals surface area contributed by atoms with E-state index in [1.54, 1.807) is 0 Å². The van der Waals surface area contributed by atoms with Gasteiger partial charge in [0.05, 0.1) is 6.42 Å². The van der Waals surface area contributed by atoms with Crippen LogP contribution in [0.5, 0.6) is 0 Å². The number of nitrogens with one attached hydrogen (secondary N) is 3. The Morgan fingerprint density at radius 2 is 1.96 bits per heavy atom. The molecule has 6 heteroatoms. The smallest absolute Gasteiger partial charge is 0.224 e. The Morgan fingerprint density at radius 1 is 1.22 bits per heavy atom. The standard InChI is InChI=1S/C17H25N3O2.ClH/c1-13-7-9-18-12-15(13)20-16(21)8-10-19-17(22)11-14-5-3-2-4-6-14;/h2-6,13,15,18H,7-12H2,1H3,(H,19,22)(H,20,21);1H. The van der Waals surface area contributed by atoms with Crippen LogP contribution in [0.3, 0.4) is 0 Å². The molecule has 2 rings (SSSR count). The van der Waals surface area contributed by atoms with Gasteiger partial charge in [-0.25, -0.2) is 0 Å².